The number of aromatic nitrogens is 2. The number of thiophene rings is 1. The molecule has 1 aliphatic rings. The Kier molecular flexibility index (Phi) is 5.02. The standard InChI is InChI=1S/C22H16N2O4S2/c25-17(15-4-2-1-3-5-15)12-30-22-23-16-8-9-29-20(16)21(26)24(22)11-14-6-7-18-19(10-14)28-13-27-18/h1-10H,11-13H2. The van der Waals surface area contributed by atoms with Gasteiger partial charge in [0.1, 0.15) is 4.70 Å². The lowest BCUT2D eigenvalue weighted by Crippen LogP contribution is -2.23. The number of ketones is 1. The number of hydrogen-bond acceptors (Lipinski definition) is 7. The number of Topliss-reactive ketones (excluding diaryl/α,β-unsaturated/α-hetero) is 1. The van der Waals surface area contributed by atoms with Gasteiger partial charge in [0.05, 0.1) is 17.8 Å². The number of fused-ring (bicyclic) bond motifs is 2. The van der Waals surface area contributed by atoms with Crippen LogP contribution >= 0.6 is 23.1 Å². The number of carbonyl (C=O) groups excluding carboxylic acids is 1. The van der Waals surface area contributed by atoms with Crippen molar-refractivity contribution in [3.05, 3.63) is 81.5 Å². The van der Waals surface area contributed by atoms with Crippen molar-refractivity contribution in [1.82, 2.24) is 9.55 Å². The number of thioether (sulfide) groups is 1. The molecule has 0 radical (unpaired) electrons. The van der Waals surface area contributed by atoms with E-state index in [0.29, 0.717) is 39.0 Å². The summed E-state index contributed by atoms with van der Waals surface area (Å²) in [4.78, 5) is 30.4. The summed E-state index contributed by atoms with van der Waals surface area (Å²) in [6.07, 6.45) is 0. The molecule has 0 unspecified atom stereocenters. The van der Waals surface area contributed by atoms with Crippen LogP contribution in [0.3, 0.4) is 0 Å². The number of nitrogens with zero attached hydrogens (tertiary/aromatic N) is 2. The maximum atomic E-state index is 13.1. The number of rotatable bonds is 6. The van der Waals surface area contributed by atoms with Gasteiger partial charge in [0.2, 0.25) is 6.79 Å². The van der Waals surface area contributed by atoms with Gasteiger partial charge in [-0.1, -0.05) is 48.2 Å². The minimum absolute atomic E-state index is 0.00473. The monoisotopic (exact) mass is 436 g/mol. The normalized spacial score (nSPS) is 12.4. The van der Waals surface area contributed by atoms with Gasteiger partial charge in [-0.3, -0.25) is 14.2 Å². The fraction of sp³-hybridized carbons (Fsp3) is 0.136. The van der Waals surface area contributed by atoms with Crippen LogP contribution in [0.25, 0.3) is 10.2 Å². The summed E-state index contributed by atoms with van der Waals surface area (Å²) in [6, 6.07) is 16.6. The van der Waals surface area contributed by atoms with Crippen LogP contribution in [0.2, 0.25) is 0 Å². The minimum atomic E-state index is -0.109. The average Bonchev–Trinajstić information content (AvgIpc) is 3.44. The van der Waals surface area contributed by atoms with Crippen molar-refractivity contribution in [2.75, 3.05) is 12.5 Å². The van der Waals surface area contributed by atoms with E-state index in [2.05, 4.69) is 4.98 Å². The second-order valence-corrected chi connectivity index (χ2v) is 8.54. The Labute approximate surface area is 180 Å². The van der Waals surface area contributed by atoms with Gasteiger partial charge in [0.15, 0.2) is 22.4 Å². The van der Waals surface area contributed by atoms with E-state index >= 15 is 0 Å². The van der Waals surface area contributed by atoms with E-state index < -0.39 is 0 Å². The van der Waals surface area contributed by atoms with Gasteiger partial charge in [-0.2, -0.15) is 0 Å². The summed E-state index contributed by atoms with van der Waals surface area (Å²) in [5, 5.41) is 2.38. The van der Waals surface area contributed by atoms with Crippen LogP contribution in [0.4, 0.5) is 0 Å². The van der Waals surface area contributed by atoms with E-state index in [1.165, 1.54) is 23.1 Å². The first-order valence-corrected chi connectivity index (χ1v) is 11.1. The number of hydrogen-bond donors (Lipinski definition) is 0. The predicted octanol–water partition coefficient (Wildman–Crippen LogP) is 4.21. The molecule has 0 spiro atoms. The van der Waals surface area contributed by atoms with Crippen molar-refractivity contribution < 1.29 is 14.3 Å². The first-order chi connectivity index (χ1) is 14.7. The molecule has 30 heavy (non-hydrogen) atoms. The van der Waals surface area contributed by atoms with E-state index in [-0.39, 0.29) is 23.9 Å². The molecule has 0 saturated carbocycles. The minimum Gasteiger partial charge on any atom is -0.454 e. The molecule has 0 fully saturated rings. The largest absolute Gasteiger partial charge is 0.454 e. The highest BCUT2D eigenvalue weighted by molar-refractivity contribution is 7.99. The molecule has 8 heteroatoms. The van der Waals surface area contributed by atoms with Crippen LogP contribution in [-0.2, 0) is 6.54 Å². The van der Waals surface area contributed by atoms with E-state index in [1.54, 1.807) is 16.7 Å². The van der Waals surface area contributed by atoms with Crippen LogP contribution in [0.5, 0.6) is 11.5 Å². The lowest BCUT2D eigenvalue weighted by Gasteiger charge is -2.12. The smallest absolute Gasteiger partial charge is 0.272 e. The summed E-state index contributed by atoms with van der Waals surface area (Å²) < 4.78 is 13.0. The van der Waals surface area contributed by atoms with Gasteiger partial charge in [0.25, 0.3) is 5.56 Å². The van der Waals surface area contributed by atoms with Crippen molar-refractivity contribution >= 4 is 39.1 Å². The van der Waals surface area contributed by atoms with Gasteiger partial charge < -0.3 is 9.47 Å². The molecule has 2 aromatic carbocycles. The van der Waals surface area contributed by atoms with Crippen LogP contribution in [-0.4, -0.2) is 27.9 Å². The highest BCUT2D eigenvalue weighted by Crippen LogP contribution is 2.33. The molecule has 0 aliphatic carbocycles. The molecule has 0 saturated heterocycles. The molecule has 6 nitrogen and oxygen atoms in total. The number of ether oxygens (including phenoxy) is 2. The third kappa shape index (κ3) is 3.59. The van der Waals surface area contributed by atoms with Crippen LogP contribution in [0.15, 0.2) is 69.9 Å². The van der Waals surface area contributed by atoms with E-state index in [0.717, 1.165) is 5.56 Å². The van der Waals surface area contributed by atoms with Crippen molar-refractivity contribution in [3.8, 4) is 11.5 Å². The molecule has 4 aromatic rings. The first kappa shape index (κ1) is 18.9. The summed E-state index contributed by atoms with van der Waals surface area (Å²) in [7, 11) is 0. The molecule has 3 heterocycles. The number of benzene rings is 2. The second-order valence-electron chi connectivity index (χ2n) is 6.69. The molecule has 1 aliphatic heterocycles. The number of carbonyl (C=O) groups is 1. The third-order valence-corrected chi connectivity index (χ3v) is 6.60. The lowest BCUT2D eigenvalue weighted by molar-refractivity contribution is 0.102. The summed E-state index contributed by atoms with van der Waals surface area (Å²) in [5.41, 5.74) is 2.09. The highest BCUT2D eigenvalue weighted by Gasteiger charge is 2.17. The molecule has 0 bridgehead atoms. The van der Waals surface area contributed by atoms with Gasteiger partial charge in [-0.25, -0.2) is 4.98 Å². The lowest BCUT2D eigenvalue weighted by atomic mass is 10.2. The van der Waals surface area contributed by atoms with Crippen LogP contribution < -0.4 is 15.0 Å². The second kappa shape index (κ2) is 7.97. The fourth-order valence-electron chi connectivity index (χ4n) is 3.23. The Hall–Kier alpha value is -3.10. The third-order valence-electron chi connectivity index (χ3n) is 4.74. The van der Waals surface area contributed by atoms with Gasteiger partial charge in [0, 0.05) is 5.56 Å². The Bertz CT molecular complexity index is 1300. The van der Waals surface area contributed by atoms with Gasteiger partial charge in [-0.05, 0) is 29.1 Å². The molecule has 0 N–H and O–H groups in total. The molecule has 150 valence electrons. The topological polar surface area (TPSA) is 70.4 Å². The van der Waals surface area contributed by atoms with Crippen molar-refractivity contribution in [2.45, 2.75) is 11.7 Å². The van der Waals surface area contributed by atoms with E-state index in [4.69, 9.17) is 9.47 Å². The average molecular weight is 437 g/mol. The van der Waals surface area contributed by atoms with Crippen molar-refractivity contribution in [3.63, 3.8) is 0 Å². The predicted molar refractivity (Wildman–Crippen MR) is 117 cm³/mol. The molecule has 0 amide bonds. The Morgan fingerprint density at radius 3 is 2.80 bits per heavy atom. The Balaban J connectivity index is 1.47. The zero-order valence-electron chi connectivity index (χ0n) is 15.7. The maximum absolute atomic E-state index is 13.1. The SMILES string of the molecule is O=C(CSc1nc2ccsc2c(=O)n1Cc1ccc2c(c1)OCO2)c1ccccc1. The van der Waals surface area contributed by atoms with E-state index in [9.17, 15) is 9.59 Å². The Morgan fingerprint density at radius 1 is 1.10 bits per heavy atom. The van der Waals surface area contributed by atoms with E-state index in [1.807, 2.05) is 47.8 Å². The van der Waals surface area contributed by atoms with Gasteiger partial charge in [-0.15, -0.1) is 11.3 Å². The summed E-state index contributed by atoms with van der Waals surface area (Å²) in [5.74, 6) is 1.56. The van der Waals surface area contributed by atoms with Crippen LogP contribution in [0.1, 0.15) is 15.9 Å². The summed E-state index contributed by atoms with van der Waals surface area (Å²) >= 11 is 2.65. The zero-order chi connectivity index (χ0) is 20.5. The van der Waals surface area contributed by atoms with Crippen molar-refractivity contribution in [2.24, 2.45) is 0 Å². The van der Waals surface area contributed by atoms with Gasteiger partial charge >= 0.3 is 0 Å². The Morgan fingerprint density at radius 2 is 1.93 bits per heavy atom. The molecular formula is C22H16N2O4S2. The van der Waals surface area contributed by atoms with Crippen LogP contribution in [0, 0.1) is 0 Å². The zero-order valence-corrected chi connectivity index (χ0v) is 17.4. The molecule has 2 aromatic heterocycles. The molecule has 0 atom stereocenters. The first-order valence-electron chi connectivity index (χ1n) is 9.26. The highest BCUT2D eigenvalue weighted by atomic mass is 32.2. The van der Waals surface area contributed by atoms with Crippen molar-refractivity contribution in [1.29, 1.82) is 0 Å². The summed E-state index contributed by atoms with van der Waals surface area (Å²) in [6.45, 7) is 0.530. The quantitative estimate of drug-likeness (QED) is 0.256. The maximum Gasteiger partial charge on any atom is 0.272 e. The molecular weight excluding hydrogens is 420 g/mol. The molecule has 5 rings (SSSR count). The fourth-order valence-corrected chi connectivity index (χ4v) is 4.90.